The van der Waals surface area contributed by atoms with Crippen LogP contribution in [0.15, 0.2) is 24.4 Å². The van der Waals surface area contributed by atoms with Crippen LogP contribution in [0.2, 0.25) is 0 Å². The second-order valence-electron chi connectivity index (χ2n) is 3.41. The topological polar surface area (TPSA) is 48.7 Å². The van der Waals surface area contributed by atoms with E-state index in [1.165, 1.54) is 0 Å². The Balaban J connectivity index is 2.51. The molecule has 0 radical (unpaired) electrons. The Morgan fingerprint density at radius 3 is 2.86 bits per heavy atom. The van der Waals surface area contributed by atoms with Gasteiger partial charge in [0, 0.05) is 18.3 Å². The maximum absolute atomic E-state index is 8.51. The van der Waals surface area contributed by atoms with Crippen molar-refractivity contribution in [2.75, 3.05) is 0 Å². The predicted molar refractivity (Wildman–Crippen MR) is 55.5 cm³/mol. The summed E-state index contributed by atoms with van der Waals surface area (Å²) in [6.07, 6.45) is 2.31. The van der Waals surface area contributed by atoms with Crippen LogP contribution >= 0.6 is 0 Å². The van der Waals surface area contributed by atoms with Crippen molar-refractivity contribution in [2.45, 2.75) is 32.4 Å². The van der Waals surface area contributed by atoms with Crippen molar-refractivity contribution in [1.82, 2.24) is 10.3 Å². The molecule has 0 amide bonds. The molecule has 0 fully saturated rings. The van der Waals surface area contributed by atoms with Crippen molar-refractivity contribution < 1.29 is 0 Å². The van der Waals surface area contributed by atoms with E-state index in [0.29, 0.717) is 6.42 Å². The second kappa shape index (κ2) is 5.36. The maximum atomic E-state index is 8.51. The first-order valence-electron chi connectivity index (χ1n) is 4.78. The summed E-state index contributed by atoms with van der Waals surface area (Å²) in [7, 11) is 0. The first-order valence-corrected chi connectivity index (χ1v) is 4.78. The zero-order chi connectivity index (χ0) is 10.4. The third-order valence-corrected chi connectivity index (χ3v) is 2.06. The molecule has 1 heterocycles. The van der Waals surface area contributed by atoms with E-state index in [4.69, 9.17) is 5.26 Å². The van der Waals surface area contributed by atoms with Gasteiger partial charge in [-0.1, -0.05) is 6.07 Å². The molecule has 1 aromatic rings. The molecule has 0 saturated carbocycles. The lowest BCUT2D eigenvalue weighted by Crippen LogP contribution is -2.28. The van der Waals surface area contributed by atoms with Crippen molar-refractivity contribution in [2.24, 2.45) is 0 Å². The third-order valence-electron chi connectivity index (χ3n) is 2.06. The van der Waals surface area contributed by atoms with Gasteiger partial charge in [0.1, 0.15) is 0 Å². The molecule has 0 aliphatic rings. The fourth-order valence-corrected chi connectivity index (χ4v) is 1.34. The normalized spacial score (nSPS) is 14.4. The summed E-state index contributed by atoms with van der Waals surface area (Å²) in [4.78, 5) is 4.25. The molecule has 0 aliphatic carbocycles. The first kappa shape index (κ1) is 10.7. The van der Waals surface area contributed by atoms with E-state index in [0.717, 1.165) is 5.69 Å². The molecule has 1 aromatic heterocycles. The molecule has 0 bridgehead atoms. The van der Waals surface area contributed by atoms with Gasteiger partial charge in [0.25, 0.3) is 0 Å². The van der Waals surface area contributed by atoms with Gasteiger partial charge in [-0.05, 0) is 26.0 Å². The smallest absolute Gasteiger partial charge is 0.0638 e. The molecule has 0 aliphatic heterocycles. The zero-order valence-electron chi connectivity index (χ0n) is 8.57. The molecule has 2 atom stereocenters. The van der Waals surface area contributed by atoms with Gasteiger partial charge in [-0.15, -0.1) is 0 Å². The van der Waals surface area contributed by atoms with Crippen molar-refractivity contribution >= 4 is 0 Å². The lowest BCUT2D eigenvalue weighted by atomic mass is 10.1. The standard InChI is InChI=1S/C11H15N3/c1-9(6-7-12)14-10(2)11-5-3-4-8-13-11/h3-5,8-10,14H,6H2,1-2H3/t9?,10-/m1/s1. The van der Waals surface area contributed by atoms with E-state index in [-0.39, 0.29) is 12.1 Å². The van der Waals surface area contributed by atoms with E-state index in [1.54, 1.807) is 6.20 Å². The molecular formula is C11H15N3. The summed E-state index contributed by atoms with van der Waals surface area (Å²) < 4.78 is 0. The van der Waals surface area contributed by atoms with Crippen LogP contribution in [0.1, 0.15) is 32.0 Å². The molecule has 0 spiro atoms. The summed E-state index contributed by atoms with van der Waals surface area (Å²) >= 11 is 0. The van der Waals surface area contributed by atoms with Gasteiger partial charge in [-0.25, -0.2) is 0 Å². The number of aromatic nitrogens is 1. The van der Waals surface area contributed by atoms with E-state index in [2.05, 4.69) is 23.3 Å². The van der Waals surface area contributed by atoms with Crippen LogP contribution in [-0.2, 0) is 0 Å². The lowest BCUT2D eigenvalue weighted by Gasteiger charge is -2.17. The summed E-state index contributed by atoms with van der Waals surface area (Å²) in [6.45, 7) is 4.05. The Bertz CT molecular complexity index is 302. The number of pyridine rings is 1. The van der Waals surface area contributed by atoms with E-state index in [1.807, 2.05) is 25.1 Å². The highest BCUT2D eigenvalue weighted by atomic mass is 15.0. The summed E-state index contributed by atoms with van der Waals surface area (Å²) in [6, 6.07) is 8.39. The molecule has 3 nitrogen and oxygen atoms in total. The number of rotatable bonds is 4. The Hall–Kier alpha value is -1.40. The Kier molecular flexibility index (Phi) is 4.09. The maximum Gasteiger partial charge on any atom is 0.0638 e. The summed E-state index contributed by atoms with van der Waals surface area (Å²) in [5.41, 5.74) is 1.01. The number of hydrogen-bond donors (Lipinski definition) is 1. The third kappa shape index (κ3) is 3.15. The van der Waals surface area contributed by atoms with Crippen molar-refractivity contribution in [1.29, 1.82) is 5.26 Å². The number of hydrogen-bond acceptors (Lipinski definition) is 3. The quantitative estimate of drug-likeness (QED) is 0.788. The molecule has 1 N–H and O–H groups in total. The SMILES string of the molecule is CC(CC#N)N[C@H](C)c1ccccn1. The minimum atomic E-state index is 0.194. The molecule has 14 heavy (non-hydrogen) atoms. The fraction of sp³-hybridized carbons (Fsp3) is 0.455. The second-order valence-corrected chi connectivity index (χ2v) is 3.41. The molecular weight excluding hydrogens is 174 g/mol. The van der Waals surface area contributed by atoms with Gasteiger partial charge in [-0.2, -0.15) is 5.26 Å². The van der Waals surface area contributed by atoms with Crippen molar-refractivity contribution in [3.05, 3.63) is 30.1 Å². The van der Waals surface area contributed by atoms with Crippen molar-refractivity contribution in [3.8, 4) is 6.07 Å². The molecule has 74 valence electrons. The van der Waals surface area contributed by atoms with Crippen LogP contribution in [0, 0.1) is 11.3 Å². The van der Waals surface area contributed by atoms with Crippen molar-refractivity contribution in [3.63, 3.8) is 0 Å². The number of nitrogens with zero attached hydrogens (tertiary/aromatic N) is 2. The van der Waals surface area contributed by atoms with Gasteiger partial charge >= 0.3 is 0 Å². The Labute approximate surface area is 84.8 Å². The van der Waals surface area contributed by atoms with Gasteiger partial charge < -0.3 is 5.32 Å². The van der Waals surface area contributed by atoms with Crippen LogP contribution < -0.4 is 5.32 Å². The average molecular weight is 189 g/mol. The molecule has 3 heteroatoms. The zero-order valence-corrected chi connectivity index (χ0v) is 8.57. The first-order chi connectivity index (χ1) is 6.74. The molecule has 0 aromatic carbocycles. The lowest BCUT2D eigenvalue weighted by molar-refractivity contribution is 0.477. The van der Waals surface area contributed by atoms with E-state index in [9.17, 15) is 0 Å². The Morgan fingerprint density at radius 1 is 1.50 bits per heavy atom. The van der Waals surface area contributed by atoms with E-state index < -0.39 is 0 Å². The molecule has 1 rings (SSSR count). The van der Waals surface area contributed by atoms with Crippen LogP contribution in [0.25, 0.3) is 0 Å². The monoisotopic (exact) mass is 189 g/mol. The van der Waals surface area contributed by atoms with Gasteiger partial charge in [0.2, 0.25) is 0 Å². The Morgan fingerprint density at radius 2 is 2.29 bits per heavy atom. The molecule has 1 unspecified atom stereocenters. The summed E-state index contributed by atoms with van der Waals surface area (Å²) in [5, 5.41) is 11.8. The molecule has 0 saturated heterocycles. The highest BCUT2D eigenvalue weighted by molar-refractivity contribution is 5.07. The van der Waals surface area contributed by atoms with Gasteiger partial charge in [0.15, 0.2) is 0 Å². The highest BCUT2D eigenvalue weighted by Crippen LogP contribution is 2.09. The highest BCUT2D eigenvalue weighted by Gasteiger charge is 2.09. The van der Waals surface area contributed by atoms with Crippen LogP contribution in [0.3, 0.4) is 0 Å². The number of nitriles is 1. The van der Waals surface area contributed by atoms with Crippen LogP contribution in [-0.4, -0.2) is 11.0 Å². The van der Waals surface area contributed by atoms with Crippen LogP contribution in [0.5, 0.6) is 0 Å². The minimum absolute atomic E-state index is 0.194. The summed E-state index contributed by atoms with van der Waals surface area (Å²) in [5.74, 6) is 0. The largest absolute Gasteiger partial charge is 0.305 e. The van der Waals surface area contributed by atoms with Crippen LogP contribution in [0.4, 0.5) is 0 Å². The number of nitrogens with one attached hydrogen (secondary N) is 1. The van der Waals surface area contributed by atoms with Gasteiger partial charge in [-0.3, -0.25) is 4.98 Å². The average Bonchev–Trinajstić information content (AvgIpc) is 2.19. The predicted octanol–water partition coefficient (Wildman–Crippen LogP) is 2.03. The van der Waals surface area contributed by atoms with Gasteiger partial charge in [0.05, 0.1) is 18.2 Å². The minimum Gasteiger partial charge on any atom is -0.305 e. The fourth-order valence-electron chi connectivity index (χ4n) is 1.34. The van der Waals surface area contributed by atoms with E-state index >= 15 is 0 Å².